The third kappa shape index (κ3) is 4.81. The molecule has 2 aliphatic rings. The number of aryl methyl sites for hydroxylation is 1. The van der Waals surface area contributed by atoms with E-state index in [1.807, 2.05) is 37.3 Å². The highest BCUT2D eigenvalue weighted by atomic mass is 32.2. The highest BCUT2D eigenvalue weighted by Gasteiger charge is 2.36. The fraction of sp³-hybridized carbons (Fsp3) is 0.407. The van der Waals surface area contributed by atoms with Gasteiger partial charge in [0.05, 0.1) is 17.7 Å². The lowest BCUT2D eigenvalue weighted by Gasteiger charge is -2.47. The van der Waals surface area contributed by atoms with Crippen LogP contribution >= 0.6 is 11.8 Å². The van der Waals surface area contributed by atoms with Gasteiger partial charge in [0, 0.05) is 29.4 Å². The molecule has 0 radical (unpaired) electrons. The summed E-state index contributed by atoms with van der Waals surface area (Å²) in [7, 11) is 1.69. The van der Waals surface area contributed by atoms with Crippen molar-refractivity contribution < 1.29 is 9.53 Å². The van der Waals surface area contributed by atoms with Crippen LogP contribution in [0.25, 0.3) is 6.08 Å². The molecule has 33 heavy (non-hydrogen) atoms. The number of methoxy groups -OCH3 is 1. The van der Waals surface area contributed by atoms with Crippen LogP contribution in [0.1, 0.15) is 63.1 Å². The normalized spacial score (nSPS) is 21.9. The zero-order valence-electron chi connectivity index (χ0n) is 20.4. The number of aliphatic imine (C=N–C) groups is 1. The lowest BCUT2D eigenvalue weighted by molar-refractivity contribution is -0.115. The quantitative estimate of drug-likeness (QED) is 0.522. The van der Waals surface area contributed by atoms with Gasteiger partial charge in [-0.1, -0.05) is 31.5 Å². The topological polar surface area (TPSA) is 53.9 Å². The molecule has 4 rings (SSSR count). The van der Waals surface area contributed by atoms with E-state index >= 15 is 0 Å². The summed E-state index contributed by atoms with van der Waals surface area (Å²) < 4.78 is 5.78. The maximum Gasteiger partial charge on any atom is 0.264 e. The molecule has 5 nitrogen and oxygen atoms in total. The van der Waals surface area contributed by atoms with Gasteiger partial charge in [0.15, 0.2) is 5.17 Å². The molecule has 6 heteroatoms. The van der Waals surface area contributed by atoms with E-state index in [0.29, 0.717) is 16.0 Å². The summed E-state index contributed by atoms with van der Waals surface area (Å²) in [5, 5.41) is 3.48. The highest BCUT2D eigenvalue weighted by molar-refractivity contribution is 8.18. The Morgan fingerprint density at radius 1 is 1.27 bits per heavy atom. The number of nitrogens with one attached hydrogen (secondary N) is 1. The Morgan fingerprint density at radius 3 is 2.67 bits per heavy atom. The highest BCUT2D eigenvalue weighted by Crippen LogP contribution is 2.46. The van der Waals surface area contributed by atoms with Gasteiger partial charge in [0.1, 0.15) is 5.75 Å². The molecular formula is C27H33N3O2S. The Morgan fingerprint density at radius 2 is 2.00 bits per heavy atom. The van der Waals surface area contributed by atoms with Gasteiger partial charge in [-0.3, -0.25) is 4.79 Å². The van der Waals surface area contributed by atoms with Gasteiger partial charge in [-0.05, 0) is 81.1 Å². The van der Waals surface area contributed by atoms with Gasteiger partial charge >= 0.3 is 0 Å². The largest absolute Gasteiger partial charge is 0.496 e. The third-order valence-electron chi connectivity index (χ3n) is 6.39. The molecule has 1 saturated heterocycles. The Bertz CT molecular complexity index is 1120. The minimum absolute atomic E-state index is 0.0932. The molecule has 174 valence electrons. The van der Waals surface area contributed by atoms with Gasteiger partial charge in [0.2, 0.25) is 0 Å². The van der Waals surface area contributed by atoms with E-state index in [2.05, 4.69) is 55.0 Å². The van der Waals surface area contributed by atoms with Gasteiger partial charge in [-0.2, -0.15) is 0 Å². The standard InChI is InChI=1S/C27H33N3O2S/c1-7-12-30-22-15-23(32-6)19(13-21(22)18(3)16-27(30,4)5)14-24-25(31)29-26(33-24)28-20-10-8-17(2)9-11-20/h8-11,13-15,18H,7,12,16H2,1-6H3,(H,28,29,31)/b24-14+. The van der Waals surface area contributed by atoms with Crippen molar-refractivity contribution in [3.63, 3.8) is 0 Å². The molecule has 0 spiro atoms. The summed E-state index contributed by atoms with van der Waals surface area (Å²) in [4.78, 5) is 20.4. The molecule has 2 aromatic carbocycles. The van der Waals surface area contributed by atoms with Crippen molar-refractivity contribution in [1.82, 2.24) is 5.32 Å². The fourth-order valence-electron chi connectivity index (χ4n) is 4.82. The van der Waals surface area contributed by atoms with Crippen LogP contribution < -0.4 is 15.0 Å². The van der Waals surface area contributed by atoms with Gasteiger partial charge in [0.25, 0.3) is 5.91 Å². The van der Waals surface area contributed by atoms with E-state index in [1.165, 1.54) is 28.6 Å². The van der Waals surface area contributed by atoms with Crippen molar-refractivity contribution in [1.29, 1.82) is 0 Å². The zero-order valence-corrected chi connectivity index (χ0v) is 21.2. The molecule has 0 aliphatic carbocycles. The summed E-state index contributed by atoms with van der Waals surface area (Å²) in [6.07, 6.45) is 4.10. The van der Waals surface area contributed by atoms with E-state index < -0.39 is 0 Å². The molecule has 1 atom stereocenters. The first-order chi connectivity index (χ1) is 15.7. The number of amidine groups is 1. The zero-order chi connectivity index (χ0) is 23.8. The molecule has 2 aliphatic heterocycles. The number of anilines is 1. The average molecular weight is 464 g/mol. The number of fused-ring (bicyclic) bond motifs is 1. The predicted molar refractivity (Wildman–Crippen MR) is 140 cm³/mol. The number of hydrogen-bond acceptors (Lipinski definition) is 5. The molecule has 1 unspecified atom stereocenters. The molecule has 2 aromatic rings. The molecule has 1 fully saturated rings. The van der Waals surface area contributed by atoms with Crippen LogP contribution in [0.2, 0.25) is 0 Å². The maximum atomic E-state index is 12.7. The fourth-order valence-corrected chi connectivity index (χ4v) is 5.65. The maximum absolute atomic E-state index is 12.7. The van der Waals surface area contributed by atoms with Crippen molar-refractivity contribution >= 4 is 40.3 Å². The molecule has 0 saturated carbocycles. The first kappa shape index (κ1) is 23.4. The average Bonchev–Trinajstić information content (AvgIpc) is 3.10. The Labute approximate surface area is 201 Å². The Balaban J connectivity index is 1.69. The second-order valence-electron chi connectivity index (χ2n) is 9.54. The third-order valence-corrected chi connectivity index (χ3v) is 7.30. The second-order valence-corrected chi connectivity index (χ2v) is 10.6. The summed E-state index contributed by atoms with van der Waals surface area (Å²) in [6, 6.07) is 12.3. The first-order valence-electron chi connectivity index (χ1n) is 11.6. The molecular weight excluding hydrogens is 430 g/mol. The van der Waals surface area contributed by atoms with Gasteiger partial charge < -0.3 is 15.0 Å². The molecule has 1 N–H and O–H groups in total. The van der Waals surface area contributed by atoms with Crippen molar-refractivity contribution in [3.8, 4) is 5.75 Å². The minimum atomic E-state index is -0.132. The van der Waals surface area contributed by atoms with Gasteiger partial charge in [-0.15, -0.1) is 0 Å². The van der Waals surface area contributed by atoms with Crippen molar-refractivity contribution in [2.24, 2.45) is 4.99 Å². The minimum Gasteiger partial charge on any atom is -0.496 e. The number of rotatable bonds is 5. The van der Waals surface area contributed by atoms with Crippen LogP contribution in [0.5, 0.6) is 5.75 Å². The van der Waals surface area contributed by atoms with Crippen LogP contribution in [0.15, 0.2) is 46.3 Å². The number of carbonyl (C=O) groups is 1. The number of thioether (sulfide) groups is 1. The van der Waals surface area contributed by atoms with Gasteiger partial charge in [-0.25, -0.2) is 4.99 Å². The van der Waals surface area contributed by atoms with Crippen LogP contribution in [-0.2, 0) is 4.79 Å². The van der Waals surface area contributed by atoms with E-state index in [0.717, 1.165) is 36.4 Å². The summed E-state index contributed by atoms with van der Waals surface area (Å²) in [5.74, 6) is 1.08. The van der Waals surface area contributed by atoms with Crippen molar-refractivity contribution in [2.45, 2.75) is 58.9 Å². The van der Waals surface area contributed by atoms with Crippen LogP contribution in [0.3, 0.4) is 0 Å². The van der Waals surface area contributed by atoms with E-state index in [9.17, 15) is 4.79 Å². The van der Waals surface area contributed by atoms with E-state index in [1.54, 1.807) is 7.11 Å². The first-order valence-corrected chi connectivity index (χ1v) is 12.4. The van der Waals surface area contributed by atoms with Crippen LogP contribution in [-0.4, -0.2) is 30.3 Å². The number of nitrogens with zero attached hydrogens (tertiary/aromatic N) is 2. The Hall–Kier alpha value is -2.73. The van der Waals surface area contributed by atoms with Crippen molar-refractivity contribution in [3.05, 3.63) is 58.0 Å². The number of ether oxygens (including phenoxy) is 1. The summed E-state index contributed by atoms with van der Waals surface area (Å²) in [6.45, 7) is 12.2. The molecule has 1 amide bonds. The molecule has 0 aromatic heterocycles. The molecule has 0 bridgehead atoms. The predicted octanol–water partition coefficient (Wildman–Crippen LogP) is 6.40. The lowest BCUT2D eigenvalue weighted by Crippen LogP contribution is -2.48. The van der Waals surface area contributed by atoms with E-state index in [4.69, 9.17) is 4.74 Å². The number of benzene rings is 2. The number of amides is 1. The van der Waals surface area contributed by atoms with Crippen LogP contribution in [0.4, 0.5) is 11.4 Å². The summed E-state index contributed by atoms with van der Waals surface area (Å²) >= 11 is 1.36. The lowest BCUT2D eigenvalue weighted by atomic mass is 9.79. The van der Waals surface area contributed by atoms with Crippen molar-refractivity contribution in [2.75, 3.05) is 18.6 Å². The number of carbonyl (C=O) groups excluding carboxylic acids is 1. The Kier molecular flexibility index (Phi) is 6.57. The number of hydrogen-bond donors (Lipinski definition) is 1. The van der Waals surface area contributed by atoms with Crippen LogP contribution in [0, 0.1) is 6.92 Å². The monoisotopic (exact) mass is 463 g/mol. The second kappa shape index (κ2) is 9.26. The van der Waals surface area contributed by atoms with E-state index in [-0.39, 0.29) is 11.4 Å². The molecule has 2 heterocycles. The SMILES string of the molecule is CCCN1c2cc(OC)c(/C=C3/SC(=Nc4ccc(C)cc4)NC3=O)cc2C(C)CC1(C)C. The summed E-state index contributed by atoms with van der Waals surface area (Å²) in [5.41, 5.74) is 5.57. The smallest absolute Gasteiger partial charge is 0.264 e.